The lowest BCUT2D eigenvalue weighted by molar-refractivity contribution is 0.234. The van der Waals surface area contributed by atoms with Crippen LogP contribution in [0.15, 0.2) is 0 Å². The van der Waals surface area contributed by atoms with Crippen molar-refractivity contribution in [2.24, 2.45) is 5.92 Å². The van der Waals surface area contributed by atoms with Gasteiger partial charge in [-0.05, 0) is 38.9 Å². The first-order valence-corrected chi connectivity index (χ1v) is 6.00. The molecule has 1 unspecified atom stereocenters. The molecule has 0 aliphatic heterocycles. The van der Waals surface area contributed by atoms with Gasteiger partial charge >= 0.3 is 0 Å². The van der Waals surface area contributed by atoms with Crippen molar-refractivity contribution >= 4 is 0 Å². The molecular weight excluding hydrogens is 184 g/mol. The van der Waals surface area contributed by atoms with Crippen LogP contribution in [-0.2, 0) is 0 Å². The van der Waals surface area contributed by atoms with Crippen molar-refractivity contribution in [3.63, 3.8) is 0 Å². The predicted molar refractivity (Wildman–Crippen MR) is 67.9 cm³/mol. The first kappa shape index (κ1) is 14.5. The van der Waals surface area contributed by atoms with E-state index in [2.05, 4.69) is 43.8 Å². The second-order valence-electron chi connectivity index (χ2n) is 4.50. The quantitative estimate of drug-likeness (QED) is 0.487. The highest BCUT2D eigenvalue weighted by Gasteiger charge is 2.09. The Morgan fingerprint density at radius 2 is 2.00 bits per heavy atom. The average Bonchev–Trinajstić information content (AvgIpc) is 2.20. The van der Waals surface area contributed by atoms with Crippen molar-refractivity contribution in [2.45, 2.75) is 40.2 Å². The lowest BCUT2D eigenvalue weighted by Gasteiger charge is -2.25. The highest BCUT2D eigenvalue weighted by molar-refractivity contribution is 4.89. The largest absolute Gasteiger partial charge is 0.316 e. The summed E-state index contributed by atoms with van der Waals surface area (Å²) in [6, 6.07) is 0.575. The molecule has 0 radical (unpaired) electrons. The summed E-state index contributed by atoms with van der Waals surface area (Å²) in [7, 11) is 0. The first-order valence-electron chi connectivity index (χ1n) is 6.00. The molecule has 15 heavy (non-hydrogen) atoms. The number of hydrogen-bond donors (Lipinski definition) is 1. The Labute approximate surface area is 95.4 Å². The molecule has 0 rings (SSSR count). The molecule has 2 nitrogen and oxygen atoms in total. The third-order valence-electron chi connectivity index (χ3n) is 2.62. The number of hydrogen-bond acceptors (Lipinski definition) is 2. The minimum absolute atomic E-state index is 0.575. The van der Waals surface area contributed by atoms with E-state index in [0.717, 1.165) is 32.1 Å². The summed E-state index contributed by atoms with van der Waals surface area (Å²) in [4.78, 5) is 2.33. The molecule has 1 N–H and O–H groups in total. The maximum Gasteiger partial charge on any atom is 0.0601 e. The van der Waals surface area contributed by atoms with Crippen LogP contribution in [-0.4, -0.2) is 37.1 Å². The topological polar surface area (TPSA) is 15.3 Å². The van der Waals surface area contributed by atoms with Gasteiger partial charge in [0.25, 0.3) is 0 Å². The number of rotatable bonds is 8. The van der Waals surface area contributed by atoms with E-state index in [4.69, 9.17) is 6.42 Å². The Balaban J connectivity index is 3.62. The van der Waals surface area contributed by atoms with Gasteiger partial charge in [-0.25, -0.2) is 0 Å². The van der Waals surface area contributed by atoms with Crippen LogP contribution in [0.4, 0.5) is 0 Å². The van der Waals surface area contributed by atoms with Gasteiger partial charge in [-0.15, -0.1) is 6.42 Å². The summed E-state index contributed by atoms with van der Waals surface area (Å²) in [5.41, 5.74) is 0. The maximum absolute atomic E-state index is 5.33. The first-order chi connectivity index (χ1) is 7.11. The molecule has 0 aliphatic rings. The minimum atomic E-state index is 0.575. The highest BCUT2D eigenvalue weighted by Crippen LogP contribution is 2.02. The van der Waals surface area contributed by atoms with E-state index in [1.54, 1.807) is 0 Å². The molecule has 2 heteroatoms. The van der Waals surface area contributed by atoms with Crippen molar-refractivity contribution in [3.8, 4) is 12.3 Å². The van der Waals surface area contributed by atoms with Gasteiger partial charge in [-0.3, -0.25) is 4.90 Å². The van der Waals surface area contributed by atoms with Crippen LogP contribution in [0.25, 0.3) is 0 Å². The molecule has 1 atom stereocenters. The van der Waals surface area contributed by atoms with E-state index in [0.29, 0.717) is 6.04 Å². The van der Waals surface area contributed by atoms with Gasteiger partial charge in [0.15, 0.2) is 0 Å². The Morgan fingerprint density at radius 3 is 2.47 bits per heavy atom. The van der Waals surface area contributed by atoms with E-state index < -0.39 is 0 Å². The Hall–Kier alpha value is -0.520. The van der Waals surface area contributed by atoms with Crippen LogP contribution in [0.2, 0.25) is 0 Å². The molecule has 0 saturated carbocycles. The molecule has 0 amide bonds. The molecule has 88 valence electrons. The van der Waals surface area contributed by atoms with E-state index in [1.807, 2.05) is 0 Å². The molecule has 0 aromatic carbocycles. The Morgan fingerprint density at radius 1 is 1.33 bits per heavy atom. The molecule has 0 fully saturated rings. The molecule has 0 aromatic heterocycles. The maximum atomic E-state index is 5.33. The average molecular weight is 210 g/mol. The van der Waals surface area contributed by atoms with Crippen molar-refractivity contribution < 1.29 is 0 Å². The monoisotopic (exact) mass is 210 g/mol. The predicted octanol–water partition coefficient (Wildman–Crippen LogP) is 1.97. The van der Waals surface area contributed by atoms with Gasteiger partial charge in [-0.1, -0.05) is 26.7 Å². The standard InChI is InChI=1S/C13H26N2/c1-6-10-15(7-2)13(5)8-9-14-11-12(3)4/h1,12-14H,7-11H2,2-5H3. The Bertz CT molecular complexity index is 181. The normalized spacial score (nSPS) is 13.1. The van der Waals surface area contributed by atoms with Crippen LogP contribution < -0.4 is 5.32 Å². The fourth-order valence-electron chi connectivity index (χ4n) is 1.58. The van der Waals surface area contributed by atoms with Crippen LogP contribution in [0.5, 0.6) is 0 Å². The van der Waals surface area contributed by atoms with Crippen molar-refractivity contribution in [3.05, 3.63) is 0 Å². The summed E-state index contributed by atoms with van der Waals surface area (Å²) in [6.45, 7) is 12.9. The molecule has 0 spiro atoms. The summed E-state index contributed by atoms with van der Waals surface area (Å²) >= 11 is 0. The Kier molecular flexibility index (Phi) is 8.46. The minimum Gasteiger partial charge on any atom is -0.316 e. The van der Waals surface area contributed by atoms with Crippen molar-refractivity contribution in [2.75, 3.05) is 26.2 Å². The summed E-state index contributed by atoms with van der Waals surface area (Å²) in [5, 5.41) is 3.46. The molecule has 0 heterocycles. The second-order valence-corrected chi connectivity index (χ2v) is 4.50. The number of terminal acetylenes is 1. The third-order valence-corrected chi connectivity index (χ3v) is 2.62. The molecule has 0 bridgehead atoms. The number of nitrogens with one attached hydrogen (secondary N) is 1. The van der Waals surface area contributed by atoms with Gasteiger partial charge < -0.3 is 5.32 Å². The zero-order valence-electron chi connectivity index (χ0n) is 10.7. The molecule has 0 aliphatic carbocycles. The smallest absolute Gasteiger partial charge is 0.0601 e. The van der Waals surface area contributed by atoms with Crippen molar-refractivity contribution in [1.29, 1.82) is 0 Å². The lowest BCUT2D eigenvalue weighted by Crippen LogP contribution is -2.36. The summed E-state index contributed by atoms with van der Waals surface area (Å²) in [6.07, 6.45) is 6.50. The van der Waals surface area contributed by atoms with E-state index in [9.17, 15) is 0 Å². The van der Waals surface area contributed by atoms with Gasteiger partial charge in [0, 0.05) is 6.04 Å². The van der Waals surface area contributed by atoms with Crippen LogP contribution in [0.3, 0.4) is 0 Å². The zero-order chi connectivity index (χ0) is 11.7. The molecule has 0 saturated heterocycles. The third kappa shape index (κ3) is 7.41. The summed E-state index contributed by atoms with van der Waals surface area (Å²) < 4.78 is 0. The fourth-order valence-corrected chi connectivity index (χ4v) is 1.58. The van der Waals surface area contributed by atoms with Gasteiger partial charge in [0.2, 0.25) is 0 Å². The number of nitrogens with zero attached hydrogens (tertiary/aromatic N) is 1. The summed E-state index contributed by atoms with van der Waals surface area (Å²) in [5.74, 6) is 3.44. The SMILES string of the molecule is C#CCN(CC)C(C)CCNCC(C)C. The molecule has 0 aromatic rings. The van der Waals surface area contributed by atoms with Crippen LogP contribution >= 0.6 is 0 Å². The zero-order valence-corrected chi connectivity index (χ0v) is 10.7. The van der Waals surface area contributed by atoms with Gasteiger partial charge in [-0.2, -0.15) is 0 Å². The van der Waals surface area contributed by atoms with Gasteiger partial charge in [0.1, 0.15) is 0 Å². The van der Waals surface area contributed by atoms with Gasteiger partial charge in [0.05, 0.1) is 6.54 Å². The van der Waals surface area contributed by atoms with E-state index in [-0.39, 0.29) is 0 Å². The van der Waals surface area contributed by atoms with E-state index in [1.165, 1.54) is 6.42 Å². The van der Waals surface area contributed by atoms with Crippen LogP contribution in [0, 0.1) is 18.3 Å². The van der Waals surface area contributed by atoms with Crippen LogP contribution in [0.1, 0.15) is 34.1 Å². The van der Waals surface area contributed by atoms with E-state index >= 15 is 0 Å². The second kappa shape index (κ2) is 8.76. The fraction of sp³-hybridized carbons (Fsp3) is 0.846. The van der Waals surface area contributed by atoms with Crippen molar-refractivity contribution in [1.82, 2.24) is 10.2 Å². The lowest BCUT2D eigenvalue weighted by atomic mass is 10.2. The highest BCUT2D eigenvalue weighted by atomic mass is 15.1. The molecular formula is C13H26N2.